The van der Waals surface area contributed by atoms with E-state index < -0.39 is 17.6 Å². The van der Waals surface area contributed by atoms with Crippen molar-refractivity contribution in [1.29, 1.82) is 0 Å². The van der Waals surface area contributed by atoms with E-state index in [1.165, 1.54) is 0 Å². The largest absolute Gasteiger partial charge is 0.460 e. The van der Waals surface area contributed by atoms with Crippen molar-refractivity contribution in [2.24, 2.45) is 5.92 Å². The van der Waals surface area contributed by atoms with E-state index in [0.717, 1.165) is 0 Å². The van der Waals surface area contributed by atoms with Gasteiger partial charge in [0.1, 0.15) is 11.6 Å². The fourth-order valence-corrected chi connectivity index (χ4v) is 2.41. The van der Waals surface area contributed by atoms with Crippen LogP contribution in [0.4, 0.5) is 0 Å². The number of amides is 1. The van der Waals surface area contributed by atoms with Gasteiger partial charge in [0, 0.05) is 12.0 Å². The molecule has 1 aliphatic heterocycles. The summed E-state index contributed by atoms with van der Waals surface area (Å²) in [6, 6.07) is 8.29. The average molecular weight is 303 g/mol. The predicted molar refractivity (Wildman–Crippen MR) is 81.3 cm³/mol. The second-order valence-corrected chi connectivity index (χ2v) is 6.45. The number of rotatable bonds is 5. The molecular formula is C17H21NO4. The van der Waals surface area contributed by atoms with Crippen LogP contribution < -0.4 is 5.32 Å². The number of carbonyl (C=O) groups excluding carboxylic acids is 3. The molecule has 0 aromatic heterocycles. The summed E-state index contributed by atoms with van der Waals surface area (Å²) >= 11 is 0. The van der Waals surface area contributed by atoms with Gasteiger partial charge < -0.3 is 10.1 Å². The fraction of sp³-hybridized carbons (Fsp3) is 0.471. The molecule has 5 nitrogen and oxygen atoms in total. The van der Waals surface area contributed by atoms with Crippen LogP contribution in [-0.2, 0) is 14.3 Å². The van der Waals surface area contributed by atoms with E-state index in [-0.39, 0.29) is 24.1 Å². The average Bonchev–Trinajstić information content (AvgIpc) is 2.43. The second-order valence-electron chi connectivity index (χ2n) is 6.45. The van der Waals surface area contributed by atoms with E-state index in [4.69, 9.17) is 4.74 Å². The van der Waals surface area contributed by atoms with Crippen LogP contribution in [-0.4, -0.2) is 29.3 Å². The molecule has 1 amide bonds. The van der Waals surface area contributed by atoms with Gasteiger partial charge in [-0.15, -0.1) is 0 Å². The fourth-order valence-electron chi connectivity index (χ4n) is 2.41. The first-order valence-electron chi connectivity index (χ1n) is 7.39. The summed E-state index contributed by atoms with van der Waals surface area (Å²) in [7, 11) is 0. The van der Waals surface area contributed by atoms with Crippen molar-refractivity contribution in [3.05, 3.63) is 35.9 Å². The zero-order valence-electron chi connectivity index (χ0n) is 13.1. The van der Waals surface area contributed by atoms with Crippen LogP contribution in [0.3, 0.4) is 0 Å². The van der Waals surface area contributed by atoms with Crippen LogP contribution in [0.2, 0.25) is 0 Å². The molecule has 0 spiro atoms. The zero-order chi connectivity index (χ0) is 16.3. The zero-order valence-corrected chi connectivity index (χ0v) is 13.1. The minimum absolute atomic E-state index is 0.116. The lowest BCUT2D eigenvalue weighted by Gasteiger charge is -2.35. The molecule has 2 rings (SSSR count). The maximum absolute atomic E-state index is 12.3. The van der Waals surface area contributed by atoms with E-state index >= 15 is 0 Å². The summed E-state index contributed by atoms with van der Waals surface area (Å²) in [5.74, 6) is -1.11. The number of nitrogens with one attached hydrogen (secondary N) is 1. The molecule has 0 aliphatic carbocycles. The van der Waals surface area contributed by atoms with Crippen LogP contribution >= 0.6 is 0 Å². The molecule has 22 heavy (non-hydrogen) atoms. The van der Waals surface area contributed by atoms with Gasteiger partial charge in [-0.2, -0.15) is 0 Å². The highest BCUT2D eigenvalue weighted by atomic mass is 16.6. The summed E-state index contributed by atoms with van der Waals surface area (Å²) in [6.45, 7) is 5.38. The van der Waals surface area contributed by atoms with E-state index in [0.29, 0.717) is 12.0 Å². The van der Waals surface area contributed by atoms with Gasteiger partial charge in [-0.05, 0) is 27.2 Å². The Hall–Kier alpha value is -2.17. The highest BCUT2D eigenvalue weighted by Gasteiger charge is 2.43. The molecule has 1 aromatic rings. The first-order chi connectivity index (χ1) is 10.3. The topological polar surface area (TPSA) is 72.5 Å². The van der Waals surface area contributed by atoms with Crippen molar-refractivity contribution in [3.63, 3.8) is 0 Å². The number of Topliss-reactive ketones (excluding diaryl/α,β-unsaturated/α-hetero) is 1. The Labute approximate surface area is 130 Å². The van der Waals surface area contributed by atoms with Crippen LogP contribution in [0.1, 0.15) is 44.0 Å². The minimum atomic E-state index is -0.544. The van der Waals surface area contributed by atoms with Crippen LogP contribution in [0.25, 0.3) is 0 Å². The van der Waals surface area contributed by atoms with Gasteiger partial charge in [-0.1, -0.05) is 30.3 Å². The van der Waals surface area contributed by atoms with Crippen LogP contribution in [0.5, 0.6) is 0 Å². The SMILES string of the molecule is CC(C)(C)OC(=O)CC[C@@H]1C(=O)N[C@H]1C(=O)c1ccccc1. The van der Waals surface area contributed by atoms with Gasteiger partial charge in [0.05, 0.1) is 5.92 Å². The molecule has 1 saturated heterocycles. The molecule has 0 bridgehead atoms. The standard InChI is InChI=1S/C17H21NO4/c1-17(2,3)22-13(19)10-9-12-14(18-16(12)21)15(20)11-7-5-4-6-8-11/h4-8,12,14H,9-10H2,1-3H3,(H,18,21)/t12-,14+/m0/s1. The normalized spacial score (nSPS) is 20.8. The summed E-state index contributed by atoms with van der Waals surface area (Å²) in [5.41, 5.74) is 0.0212. The number of hydrogen-bond acceptors (Lipinski definition) is 4. The lowest BCUT2D eigenvalue weighted by molar-refractivity contribution is -0.155. The van der Waals surface area contributed by atoms with Gasteiger partial charge in [0.25, 0.3) is 0 Å². The first-order valence-corrected chi connectivity index (χ1v) is 7.39. The molecular weight excluding hydrogens is 282 g/mol. The Balaban J connectivity index is 1.92. The quantitative estimate of drug-likeness (QED) is 0.514. The van der Waals surface area contributed by atoms with Crippen molar-refractivity contribution in [2.45, 2.75) is 45.3 Å². The minimum Gasteiger partial charge on any atom is -0.460 e. The number of benzene rings is 1. The van der Waals surface area contributed by atoms with Gasteiger partial charge in [0.15, 0.2) is 5.78 Å². The first kappa shape index (κ1) is 16.2. The molecule has 5 heteroatoms. The molecule has 0 radical (unpaired) electrons. The lowest BCUT2D eigenvalue weighted by atomic mass is 9.82. The Bertz CT molecular complexity index is 574. The molecule has 2 atom stereocenters. The third kappa shape index (κ3) is 3.93. The number of ketones is 1. The number of esters is 1. The summed E-state index contributed by atoms with van der Waals surface area (Å²) in [4.78, 5) is 35.7. The second kappa shape index (κ2) is 6.30. The molecule has 1 aromatic carbocycles. The van der Waals surface area contributed by atoms with Crippen molar-refractivity contribution < 1.29 is 19.1 Å². The number of ether oxygens (including phenoxy) is 1. The van der Waals surface area contributed by atoms with Crippen molar-refractivity contribution >= 4 is 17.7 Å². The summed E-state index contributed by atoms with van der Waals surface area (Å²) < 4.78 is 5.22. The van der Waals surface area contributed by atoms with Crippen LogP contribution in [0.15, 0.2) is 30.3 Å². The Morgan fingerprint density at radius 2 is 1.82 bits per heavy atom. The highest BCUT2D eigenvalue weighted by molar-refractivity contribution is 6.08. The number of hydrogen-bond donors (Lipinski definition) is 1. The smallest absolute Gasteiger partial charge is 0.306 e. The molecule has 0 saturated carbocycles. The highest BCUT2D eigenvalue weighted by Crippen LogP contribution is 2.24. The molecule has 118 valence electrons. The van der Waals surface area contributed by atoms with Gasteiger partial charge >= 0.3 is 5.97 Å². The van der Waals surface area contributed by atoms with E-state index in [2.05, 4.69) is 5.32 Å². The number of β-lactam (4-membered cyclic amide) rings is 1. The van der Waals surface area contributed by atoms with E-state index in [9.17, 15) is 14.4 Å². The third-order valence-electron chi connectivity index (χ3n) is 3.46. The summed E-state index contributed by atoms with van der Waals surface area (Å²) in [6.07, 6.45) is 0.456. The van der Waals surface area contributed by atoms with E-state index in [1.807, 2.05) is 6.07 Å². The molecule has 1 heterocycles. The van der Waals surface area contributed by atoms with E-state index in [1.54, 1.807) is 45.0 Å². The summed E-state index contributed by atoms with van der Waals surface area (Å²) in [5, 5.41) is 2.62. The maximum atomic E-state index is 12.3. The van der Waals surface area contributed by atoms with Gasteiger partial charge in [-0.25, -0.2) is 0 Å². The Morgan fingerprint density at radius 1 is 1.18 bits per heavy atom. The van der Waals surface area contributed by atoms with Crippen LogP contribution in [0, 0.1) is 5.92 Å². The third-order valence-corrected chi connectivity index (χ3v) is 3.46. The molecule has 0 unspecified atom stereocenters. The van der Waals surface area contributed by atoms with Crippen molar-refractivity contribution in [3.8, 4) is 0 Å². The van der Waals surface area contributed by atoms with Gasteiger partial charge in [-0.3, -0.25) is 14.4 Å². The molecule has 1 N–H and O–H groups in total. The van der Waals surface area contributed by atoms with Gasteiger partial charge in [0.2, 0.25) is 5.91 Å². The molecule has 1 aliphatic rings. The Kier molecular flexibility index (Phi) is 4.64. The van der Waals surface area contributed by atoms with Crippen molar-refractivity contribution in [1.82, 2.24) is 5.32 Å². The molecule has 1 fully saturated rings. The van der Waals surface area contributed by atoms with Crippen molar-refractivity contribution in [2.75, 3.05) is 0 Å². The maximum Gasteiger partial charge on any atom is 0.306 e. The predicted octanol–water partition coefficient (Wildman–Crippen LogP) is 2.11. The Morgan fingerprint density at radius 3 is 2.36 bits per heavy atom. The monoisotopic (exact) mass is 303 g/mol. The number of carbonyl (C=O) groups is 3. The lowest BCUT2D eigenvalue weighted by Crippen LogP contribution is -2.61.